The largest absolute Gasteiger partial charge is 0.380 e. The van der Waals surface area contributed by atoms with Crippen LogP contribution in [0.5, 0.6) is 0 Å². The minimum Gasteiger partial charge on any atom is -0.380 e. The normalized spacial score (nSPS) is 16.6. The first-order valence-corrected chi connectivity index (χ1v) is 8.42. The zero-order chi connectivity index (χ0) is 15.6. The van der Waals surface area contributed by atoms with Crippen LogP contribution in [0.2, 0.25) is 0 Å². The van der Waals surface area contributed by atoms with Crippen molar-refractivity contribution in [2.24, 2.45) is 0 Å². The SMILES string of the molecule is Cc1nc(-c2ccccc2)sc1CNC(=O)C1(O)CCCC1. The Balaban J connectivity index is 1.68. The molecule has 1 saturated carbocycles. The number of thiazole rings is 1. The maximum atomic E-state index is 12.2. The molecule has 1 fully saturated rings. The number of rotatable bonds is 4. The standard InChI is InChI=1S/C17H20N2O2S/c1-12-14(11-18-16(20)17(21)9-5-6-10-17)22-15(19-12)13-7-3-2-4-8-13/h2-4,7-8,21H,5-6,9-11H2,1H3,(H,18,20). The molecule has 2 N–H and O–H groups in total. The summed E-state index contributed by atoms with van der Waals surface area (Å²) in [7, 11) is 0. The van der Waals surface area contributed by atoms with E-state index in [0.29, 0.717) is 19.4 Å². The second-order valence-electron chi connectivity index (χ2n) is 5.81. The Morgan fingerprint density at radius 3 is 2.68 bits per heavy atom. The van der Waals surface area contributed by atoms with Gasteiger partial charge in [0.1, 0.15) is 10.6 Å². The molecule has 0 aliphatic heterocycles. The maximum absolute atomic E-state index is 12.2. The third-order valence-corrected chi connectivity index (χ3v) is 5.38. The number of aromatic nitrogens is 1. The Labute approximate surface area is 134 Å². The van der Waals surface area contributed by atoms with E-state index < -0.39 is 5.60 Å². The summed E-state index contributed by atoms with van der Waals surface area (Å²) in [5.41, 5.74) is 0.853. The van der Waals surface area contributed by atoms with Crippen LogP contribution in [0.25, 0.3) is 10.6 Å². The van der Waals surface area contributed by atoms with E-state index in [1.165, 1.54) is 0 Å². The highest BCUT2D eigenvalue weighted by Gasteiger charge is 2.38. The van der Waals surface area contributed by atoms with Crippen molar-refractivity contribution >= 4 is 17.2 Å². The molecule has 1 aromatic carbocycles. The van der Waals surface area contributed by atoms with Crippen LogP contribution in [0, 0.1) is 6.92 Å². The summed E-state index contributed by atoms with van der Waals surface area (Å²) in [6.07, 6.45) is 2.97. The highest BCUT2D eigenvalue weighted by molar-refractivity contribution is 7.15. The van der Waals surface area contributed by atoms with Gasteiger partial charge >= 0.3 is 0 Å². The lowest BCUT2D eigenvalue weighted by molar-refractivity contribution is -0.139. The van der Waals surface area contributed by atoms with E-state index in [9.17, 15) is 9.90 Å². The van der Waals surface area contributed by atoms with Crippen LogP contribution in [0.3, 0.4) is 0 Å². The van der Waals surface area contributed by atoms with E-state index in [0.717, 1.165) is 34.0 Å². The van der Waals surface area contributed by atoms with E-state index in [1.54, 1.807) is 11.3 Å². The van der Waals surface area contributed by atoms with Gasteiger partial charge in [-0.3, -0.25) is 4.79 Å². The Kier molecular flexibility index (Phi) is 4.27. The van der Waals surface area contributed by atoms with Crippen LogP contribution in [0.15, 0.2) is 30.3 Å². The molecule has 0 radical (unpaired) electrons. The number of benzene rings is 1. The minimum atomic E-state index is -1.17. The summed E-state index contributed by atoms with van der Waals surface area (Å²) >= 11 is 1.59. The lowest BCUT2D eigenvalue weighted by Crippen LogP contribution is -2.44. The van der Waals surface area contributed by atoms with Crippen molar-refractivity contribution in [2.45, 2.75) is 44.8 Å². The summed E-state index contributed by atoms with van der Waals surface area (Å²) in [5.74, 6) is -0.251. The van der Waals surface area contributed by atoms with Crippen molar-refractivity contribution in [3.05, 3.63) is 40.9 Å². The smallest absolute Gasteiger partial charge is 0.252 e. The predicted molar refractivity (Wildman–Crippen MR) is 87.6 cm³/mol. The number of amides is 1. The molecule has 4 nitrogen and oxygen atoms in total. The average molecular weight is 316 g/mol. The number of hydrogen-bond donors (Lipinski definition) is 2. The number of carbonyl (C=O) groups excluding carboxylic acids is 1. The zero-order valence-corrected chi connectivity index (χ0v) is 13.4. The van der Waals surface area contributed by atoms with Gasteiger partial charge in [-0.2, -0.15) is 0 Å². The molecule has 22 heavy (non-hydrogen) atoms. The molecule has 0 spiro atoms. The first-order valence-electron chi connectivity index (χ1n) is 7.61. The Morgan fingerprint density at radius 2 is 2.00 bits per heavy atom. The topological polar surface area (TPSA) is 62.2 Å². The third kappa shape index (κ3) is 3.05. The second kappa shape index (κ2) is 6.18. The van der Waals surface area contributed by atoms with Gasteiger partial charge in [0.2, 0.25) is 0 Å². The van der Waals surface area contributed by atoms with Crippen LogP contribution < -0.4 is 5.32 Å². The fourth-order valence-corrected chi connectivity index (χ4v) is 3.82. The van der Waals surface area contributed by atoms with Crippen molar-refractivity contribution in [1.29, 1.82) is 0 Å². The van der Waals surface area contributed by atoms with Crippen molar-refractivity contribution < 1.29 is 9.90 Å². The molecule has 2 aromatic rings. The Hall–Kier alpha value is -1.72. The van der Waals surface area contributed by atoms with E-state index >= 15 is 0 Å². The van der Waals surface area contributed by atoms with Gasteiger partial charge in [0.15, 0.2) is 0 Å². The van der Waals surface area contributed by atoms with Gasteiger partial charge < -0.3 is 10.4 Å². The highest BCUT2D eigenvalue weighted by atomic mass is 32.1. The van der Waals surface area contributed by atoms with Gasteiger partial charge in [-0.1, -0.05) is 30.3 Å². The van der Waals surface area contributed by atoms with Gasteiger partial charge in [-0.05, 0) is 32.6 Å². The predicted octanol–water partition coefficient (Wildman–Crippen LogP) is 3.04. The number of nitrogens with one attached hydrogen (secondary N) is 1. The number of nitrogens with zero attached hydrogens (tertiary/aromatic N) is 1. The lowest BCUT2D eigenvalue weighted by atomic mass is 10.0. The van der Waals surface area contributed by atoms with Gasteiger partial charge in [0.05, 0.1) is 12.2 Å². The van der Waals surface area contributed by atoms with Crippen LogP contribution in [0.4, 0.5) is 0 Å². The Morgan fingerprint density at radius 1 is 1.32 bits per heavy atom. The molecule has 1 aliphatic rings. The molecule has 1 aromatic heterocycles. The van der Waals surface area contributed by atoms with Gasteiger partial charge in [0.25, 0.3) is 5.91 Å². The molecule has 0 atom stereocenters. The molecular weight excluding hydrogens is 296 g/mol. The first-order chi connectivity index (χ1) is 10.6. The summed E-state index contributed by atoms with van der Waals surface area (Å²) in [4.78, 5) is 17.8. The third-order valence-electron chi connectivity index (χ3n) is 4.18. The van der Waals surface area contributed by atoms with E-state index in [2.05, 4.69) is 10.3 Å². The van der Waals surface area contributed by atoms with Crippen molar-refractivity contribution in [2.75, 3.05) is 0 Å². The van der Waals surface area contributed by atoms with Gasteiger partial charge in [0, 0.05) is 10.4 Å². The fraction of sp³-hybridized carbons (Fsp3) is 0.412. The number of hydrogen-bond acceptors (Lipinski definition) is 4. The molecule has 1 aliphatic carbocycles. The van der Waals surface area contributed by atoms with Gasteiger partial charge in [-0.25, -0.2) is 4.98 Å². The van der Waals surface area contributed by atoms with Crippen LogP contribution in [0.1, 0.15) is 36.3 Å². The van der Waals surface area contributed by atoms with Crippen LogP contribution >= 0.6 is 11.3 Å². The molecule has 1 amide bonds. The van der Waals surface area contributed by atoms with Crippen LogP contribution in [-0.4, -0.2) is 21.6 Å². The van der Waals surface area contributed by atoms with E-state index in [-0.39, 0.29) is 5.91 Å². The molecule has 3 rings (SSSR count). The maximum Gasteiger partial charge on any atom is 0.252 e. The zero-order valence-electron chi connectivity index (χ0n) is 12.6. The molecule has 116 valence electrons. The molecule has 0 unspecified atom stereocenters. The molecule has 1 heterocycles. The molecule has 0 bridgehead atoms. The number of aryl methyl sites for hydroxylation is 1. The van der Waals surface area contributed by atoms with Crippen molar-refractivity contribution in [3.8, 4) is 10.6 Å². The monoisotopic (exact) mass is 316 g/mol. The van der Waals surface area contributed by atoms with Crippen LogP contribution in [-0.2, 0) is 11.3 Å². The lowest BCUT2D eigenvalue weighted by Gasteiger charge is -2.20. The Bertz CT molecular complexity index is 661. The number of carbonyl (C=O) groups is 1. The minimum absolute atomic E-state index is 0.251. The molecule has 0 saturated heterocycles. The average Bonchev–Trinajstić information content (AvgIpc) is 3.13. The second-order valence-corrected chi connectivity index (χ2v) is 6.90. The van der Waals surface area contributed by atoms with Crippen molar-refractivity contribution in [1.82, 2.24) is 10.3 Å². The van der Waals surface area contributed by atoms with E-state index in [4.69, 9.17) is 0 Å². The highest BCUT2D eigenvalue weighted by Crippen LogP contribution is 2.30. The van der Waals surface area contributed by atoms with Crippen molar-refractivity contribution in [3.63, 3.8) is 0 Å². The molecule has 5 heteroatoms. The molecular formula is C17H20N2O2S. The van der Waals surface area contributed by atoms with Gasteiger partial charge in [-0.15, -0.1) is 11.3 Å². The first kappa shape index (κ1) is 15.2. The summed E-state index contributed by atoms with van der Waals surface area (Å²) in [5, 5.41) is 14.1. The fourth-order valence-electron chi connectivity index (χ4n) is 2.81. The summed E-state index contributed by atoms with van der Waals surface area (Å²) in [6.45, 7) is 2.38. The quantitative estimate of drug-likeness (QED) is 0.911. The number of aliphatic hydroxyl groups is 1. The summed E-state index contributed by atoms with van der Waals surface area (Å²) < 4.78 is 0. The summed E-state index contributed by atoms with van der Waals surface area (Å²) in [6, 6.07) is 10.0. The van der Waals surface area contributed by atoms with E-state index in [1.807, 2.05) is 37.3 Å².